The maximum Gasteiger partial charge on any atom is 0.230 e. The quantitative estimate of drug-likeness (QED) is 0.702. The maximum atomic E-state index is 13.6. The van der Waals surface area contributed by atoms with Crippen LogP contribution < -0.4 is 0 Å². The van der Waals surface area contributed by atoms with Crippen LogP contribution in [0.1, 0.15) is 24.3 Å². The van der Waals surface area contributed by atoms with Crippen molar-refractivity contribution < 1.29 is 8.81 Å². The number of rotatable bonds is 5. The van der Waals surface area contributed by atoms with Gasteiger partial charge in [0.25, 0.3) is 0 Å². The highest BCUT2D eigenvalue weighted by molar-refractivity contribution is 5.73. The summed E-state index contributed by atoms with van der Waals surface area (Å²) in [6.07, 6.45) is 7.42. The third-order valence-corrected chi connectivity index (χ3v) is 2.06. The van der Waals surface area contributed by atoms with E-state index in [1.54, 1.807) is 19.1 Å². The van der Waals surface area contributed by atoms with Gasteiger partial charge in [0, 0.05) is 0 Å². The summed E-state index contributed by atoms with van der Waals surface area (Å²) in [5, 5.41) is 0. The van der Waals surface area contributed by atoms with Gasteiger partial charge in [-0.3, -0.25) is 0 Å². The van der Waals surface area contributed by atoms with E-state index in [1.165, 1.54) is 12.2 Å². The number of allylic oxidation sites excluding steroid dienone is 5. The molecule has 0 unspecified atom stereocenters. The zero-order valence-electron chi connectivity index (χ0n) is 9.74. The monoisotopic (exact) mass is 231 g/mol. The van der Waals surface area contributed by atoms with E-state index < -0.39 is 5.83 Å². The van der Waals surface area contributed by atoms with Gasteiger partial charge in [0.15, 0.2) is 5.76 Å². The third kappa shape index (κ3) is 2.69. The molecule has 0 aliphatic rings. The zero-order chi connectivity index (χ0) is 12.8. The van der Waals surface area contributed by atoms with Crippen LogP contribution in [0.2, 0.25) is 0 Å². The van der Waals surface area contributed by atoms with Crippen molar-refractivity contribution in [2.45, 2.75) is 6.92 Å². The lowest BCUT2D eigenvalue weighted by atomic mass is 10.2. The first kappa shape index (κ1) is 12.9. The highest BCUT2D eigenvalue weighted by Gasteiger charge is 2.13. The second kappa shape index (κ2) is 5.80. The SMILES string of the molecule is C=C/C(F)=C(\C=C/C)c1nc(C=C)c(C=C)o1. The summed E-state index contributed by atoms with van der Waals surface area (Å²) in [5.41, 5.74) is 0.785. The molecule has 1 rings (SSSR count). The minimum Gasteiger partial charge on any atom is -0.436 e. The van der Waals surface area contributed by atoms with Crippen molar-refractivity contribution in [3.8, 4) is 0 Å². The molecule has 1 aromatic heterocycles. The van der Waals surface area contributed by atoms with Crippen molar-refractivity contribution in [3.63, 3.8) is 0 Å². The topological polar surface area (TPSA) is 26.0 Å². The van der Waals surface area contributed by atoms with E-state index in [1.807, 2.05) is 0 Å². The highest BCUT2D eigenvalue weighted by atomic mass is 19.1. The molecule has 0 radical (unpaired) electrons. The van der Waals surface area contributed by atoms with Gasteiger partial charge in [-0.1, -0.05) is 31.9 Å². The maximum absolute atomic E-state index is 13.6. The first-order chi connectivity index (χ1) is 8.17. The molecule has 0 fully saturated rings. The minimum absolute atomic E-state index is 0.185. The Morgan fingerprint density at radius 1 is 1.29 bits per heavy atom. The minimum atomic E-state index is -0.490. The molecule has 0 aliphatic carbocycles. The lowest BCUT2D eigenvalue weighted by Crippen LogP contribution is -1.84. The standard InChI is InChI=1S/C14H14FNO/c1-5-9-10(11(15)6-2)14-16-12(7-3)13(8-4)17-14/h5-9H,2-4H2,1H3/b9-5-,11-10-. The largest absolute Gasteiger partial charge is 0.436 e. The van der Waals surface area contributed by atoms with E-state index in [0.717, 1.165) is 6.08 Å². The fourth-order valence-corrected chi connectivity index (χ4v) is 1.28. The van der Waals surface area contributed by atoms with Crippen LogP contribution in [-0.2, 0) is 0 Å². The molecule has 0 aromatic carbocycles. The fraction of sp³-hybridized carbons (Fsp3) is 0.0714. The molecule has 0 aliphatic heterocycles. The number of hydrogen-bond donors (Lipinski definition) is 0. The Labute approximate surface area is 100 Å². The van der Waals surface area contributed by atoms with Gasteiger partial charge in [-0.15, -0.1) is 0 Å². The molecule has 0 bridgehead atoms. The summed E-state index contributed by atoms with van der Waals surface area (Å²) in [6, 6.07) is 0. The molecule has 3 heteroatoms. The Balaban J connectivity index is 3.39. The van der Waals surface area contributed by atoms with E-state index in [4.69, 9.17) is 4.42 Å². The van der Waals surface area contributed by atoms with E-state index in [-0.39, 0.29) is 11.5 Å². The average molecular weight is 231 g/mol. The summed E-state index contributed by atoms with van der Waals surface area (Å²) >= 11 is 0. The average Bonchev–Trinajstić information content (AvgIpc) is 2.77. The summed E-state index contributed by atoms with van der Waals surface area (Å²) in [7, 11) is 0. The Hall–Kier alpha value is -2.16. The first-order valence-corrected chi connectivity index (χ1v) is 5.08. The van der Waals surface area contributed by atoms with Crippen molar-refractivity contribution in [1.82, 2.24) is 4.98 Å². The fourth-order valence-electron chi connectivity index (χ4n) is 1.28. The van der Waals surface area contributed by atoms with Gasteiger partial charge >= 0.3 is 0 Å². The molecular formula is C14H14FNO. The molecule has 0 saturated heterocycles. The van der Waals surface area contributed by atoms with Crippen LogP contribution in [0.25, 0.3) is 17.7 Å². The van der Waals surface area contributed by atoms with Crippen molar-refractivity contribution in [3.05, 3.63) is 61.1 Å². The number of oxazole rings is 1. The van der Waals surface area contributed by atoms with Crippen LogP contribution in [-0.4, -0.2) is 4.98 Å². The van der Waals surface area contributed by atoms with E-state index in [9.17, 15) is 4.39 Å². The van der Waals surface area contributed by atoms with Gasteiger partial charge in [0.1, 0.15) is 11.5 Å². The molecule has 88 valence electrons. The van der Waals surface area contributed by atoms with Gasteiger partial charge in [0.2, 0.25) is 5.89 Å². The summed E-state index contributed by atoms with van der Waals surface area (Å²) in [6.45, 7) is 12.4. The predicted octanol–water partition coefficient (Wildman–Crippen LogP) is 4.40. The summed E-state index contributed by atoms with van der Waals surface area (Å²) in [5.74, 6) is 0.162. The summed E-state index contributed by atoms with van der Waals surface area (Å²) < 4.78 is 19.0. The Morgan fingerprint density at radius 3 is 2.41 bits per heavy atom. The lowest BCUT2D eigenvalue weighted by Gasteiger charge is -1.96. The van der Waals surface area contributed by atoms with Gasteiger partial charge < -0.3 is 4.42 Å². The second-order valence-electron chi connectivity index (χ2n) is 3.14. The Kier molecular flexibility index (Phi) is 4.40. The van der Waals surface area contributed by atoms with Gasteiger partial charge in [0.05, 0.1) is 5.57 Å². The predicted molar refractivity (Wildman–Crippen MR) is 69.7 cm³/mol. The molecule has 0 N–H and O–H groups in total. The number of hydrogen-bond acceptors (Lipinski definition) is 2. The van der Waals surface area contributed by atoms with Crippen LogP contribution in [0, 0.1) is 0 Å². The Bertz CT molecular complexity index is 481. The molecule has 0 saturated carbocycles. The van der Waals surface area contributed by atoms with Gasteiger partial charge in [-0.25, -0.2) is 9.37 Å². The highest BCUT2D eigenvalue weighted by Crippen LogP contribution is 2.25. The molecule has 0 amide bonds. The normalized spacial score (nSPS) is 12.4. The van der Waals surface area contributed by atoms with Gasteiger partial charge in [-0.2, -0.15) is 0 Å². The number of nitrogens with zero attached hydrogens (tertiary/aromatic N) is 1. The van der Waals surface area contributed by atoms with Crippen LogP contribution in [0.4, 0.5) is 4.39 Å². The van der Waals surface area contributed by atoms with Crippen LogP contribution in [0.5, 0.6) is 0 Å². The molecule has 17 heavy (non-hydrogen) atoms. The molecule has 0 spiro atoms. The van der Waals surface area contributed by atoms with E-state index >= 15 is 0 Å². The van der Waals surface area contributed by atoms with E-state index in [2.05, 4.69) is 24.7 Å². The summed E-state index contributed by atoms with van der Waals surface area (Å²) in [4.78, 5) is 4.13. The van der Waals surface area contributed by atoms with Crippen LogP contribution in [0.15, 0.2) is 48.2 Å². The smallest absolute Gasteiger partial charge is 0.230 e. The second-order valence-corrected chi connectivity index (χ2v) is 3.14. The van der Waals surface area contributed by atoms with Crippen LogP contribution in [0.3, 0.4) is 0 Å². The van der Waals surface area contributed by atoms with Crippen molar-refractivity contribution in [2.75, 3.05) is 0 Å². The number of halogens is 1. The molecule has 2 nitrogen and oxygen atoms in total. The van der Waals surface area contributed by atoms with Crippen molar-refractivity contribution >= 4 is 17.7 Å². The first-order valence-electron chi connectivity index (χ1n) is 5.08. The molecule has 1 heterocycles. The van der Waals surface area contributed by atoms with Crippen molar-refractivity contribution in [1.29, 1.82) is 0 Å². The van der Waals surface area contributed by atoms with Crippen molar-refractivity contribution in [2.24, 2.45) is 0 Å². The van der Waals surface area contributed by atoms with Gasteiger partial charge in [-0.05, 0) is 25.2 Å². The Morgan fingerprint density at radius 2 is 2.00 bits per heavy atom. The zero-order valence-corrected chi connectivity index (χ0v) is 9.74. The molecular weight excluding hydrogens is 217 g/mol. The molecule has 1 aromatic rings. The number of aromatic nitrogens is 1. The van der Waals surface area contributed by atoms with Crippen LogP contribution >= 0.6 is 0 Å². The molecule has 0 atom stereocenters. The lowest BCUT2D eigenvalue weighted by molar-refractivity contribution is 0.530. The van der Waals surface area contributed by atoms with E-state index in [0.29, 0.717) is 11.5 Å². The third-order valence-electron chi connectivity index (χ3n) is 2.06.